The third-order valence-electron chi connectivity index (χ3n) is 3.36. The number of aromatic nitrogens is 3. The van der Waals surface area contributed by atoms with Crippen molar-refractivity contribution in [3.63, 3.8) is 0 Å². The summed E-state index contributed by atoms with van der Waals surface area (Å²) in [5.41, 5.74) is -0.806. The number of halogens is 3. The molecule has 0 aliphatic carbocycles. The largest absolute Gasteiger partial charge is 0.477 e. The van der Waals surface area contributed by atoms with Crippen LogP contribution in [0.2, 0.25) is 0 Å². The molecule has 1 N–H and O–H groups in total. The first-order chi connectivity index (χ1) is 12.3. The van der Waals surface area contributed by atoms with E-state index in [1.54, 1.807) is 0 Å². The Kier molecular flexibility index (Phi) is 4.85. The van der Waals surface area contributed by atoms with E-state index in [4.69, 9.17) is 4.74 Å². The zero-order valence-corrected chi connectivity index (χ0v) is 14.2. The quantitative estimate of drug-likeness (QED) is 0.807. The number of thiazole rings is 1. The van der Waals surface area contributed by atoms with Gasteiger partial charge in [0.2, 0.25) is 5.88 Å². The topological polar surface area (TPSA) is 95.3 Å². The summed E-state index contributed by atoms with van der Waals surface area (Å²) in [7, 11) is 0. The molecule has 140 valence electrons. The normalized spacial score (nSPS) is 13.7. The highest BCUT2D eigenvalue weighted by Crippen LogP contribution is 2.38. The van der Waals surface area contributed by atoms with Gasteiger partial charge in [-0.2, -0.15) is 18.3 Å². The maximum absolute atomic E-state index is 13.1. The fourth-order valence-electron chi connectivity index (χ4n) is 2.29. The number of ether oxygens (including phenoxy) is 2. The molecule has 0 atom stereocenters. The van der Waals surface area contributed by atoms with Gasteiger partial charge in [-0.15, -0.1) is 0 Å². The lowest BCUT2D eigenvalue weighted by atomic mass is 10.3. The Morgan fingerprint density at radius 3 is 2.92 bits per heavy atom. The summed E-state index contributed by atoms with van der Waals surface area (Å²) in [6.07, 6.45) is -2.80. The molecule has 0 spiro atoms. The van der Waals surface area contributed by atoms with Gasteiger partial charge in [-0.1, -0.05) is 11.3 Å². The minimum atomic E-state index is -4.80. The summed E-state index contributed by atoms with van der Waals surface area (Å²) in [6.45, 7) is 2.35. The lowest BCUT2D eigenvalue weighted by Gasteiger charge is -2.15. The van der Waals surface area contributed by atoms with E-state index in [-0.39, 0.29) is 34.5 Å². The van der Waals surface area contributed by atoms with Gasteiger partial charge in [0, 0.05) is 13.0 Å². The zero-order chi connectivity index (χ0) is 18.9. The smallest absolute Gasteiger partial charge is 0.428 e. The fourth-order valence-corrected chi connectivity index (χ4v) is 3.11. The molecule has 3 heterocycles. The van der Waals surface area contributed by atoms with Gasteiger partial charge in [-0.05, 0) is 6.92 Å². The van der Waals surface area contributed by atoms with Gasteiger partial charge in [0.05, 0.1) is 19.4 Å². The van der Waals surface area contributed by atoms with Crippen molar-refractivity contribution in [2.45, 2.75) is 26.1 Å². The van der Waals surface area contributed by atoms with E-state index in [0.717, 1.165) is 6.42 Å². The Balaban J connectivity index is 1.87. The van der Waals surface area contributed by atoms with Gasteiger partial charge in [-0.3, -0.25) is 10.1 Å². The van der Waals surface area contributed by atoms with Crippen molar-refractivity contribution in [1.29, 1.82) is 0 Å². The van der Waals surface area contributed by atoms with Crippen LogP contribution in [-0.4, -0.2) is 39.9 Å². The Labute approximate surface area is 148 Å². The maximum atomic E-state index is 13.1. The number of nitrogens with zero attached hydrogens (tertiary/aromatic N) is 3. The molecule has 12 heteroatoms. The van der Waals surface area contributed by atoms with Gasteiger partial charge >= 0.3 is 12.1 Å². The van der Waals surface area contributed by atoms with Crippen LogP contribution in [0.4, 0.5) is 18.3 Å². The molecule has 0 bridgehead atoms. The van der Waals surface area contributed by atoms with Gasteiger partial charge in [0.1, 0.15) is 10.4 Å². The molecule has 0 saturated heterocycles. The average molecular weight is 390 g/mol. The number of anilines is 1. The summed E-state index contributed by atoms with van der Waals surface area (Å²) >= 11 is 0.147. The molecule has 26 heavy (non-hydrogen) atoms. The highest BCUT2D eigenvalue weighted by Gasteiger charge is 2.40. The Bertz CT molecular complexity index is 846. The van der Waals surface area contributed by atoms with Crippen molar-refractivity contribution < 1.29 is 32.2 Å². The van der Waals surface area contributed by atoms with Gasteiger partial charge in [-0.25, -0.2) is 14.5 Å². The maximum Gasteiger partial charge on any atom is 0.428 e. The fraction of sp³-hybridized carbons (Fsp3) is 0.429. The van der Waals surface area contributed by atoms with Crippen molar-refractivity contribution in [2.24, 2.45) is 0 Å². The number of esters is 1. The van der Waals surface area contributed by atoms with E-state index in [9.17, 15) is 22.8 Å². The highest BCUT2D eigenvalue weighted by atomic mass is 32.1. The molecular weight excluding hydrogens is 377 g/mol. The monoisotopic (exact) mass is 390 g/mol. The number of hydrogen-bond donors (Lipinski definition) is 1. The molecule has 0 aromatic carbocycles. The molecule has 0 fully saturated rings. The molecule has 0 radical (unpaired) electrons. The molecule has 1 aliphatic heterocycles. The number of aryl methyl sites for hydroxylation is 1. The SMILES string of the molecule is CCOC(=O)c1nc(NC(=O)c2cnn3c2OCCC3)sc1C(F)(F)F. The number of carbonyl (C=O) groups excluding carboxylic acids is 2. The first-order valence-corrected chi connectivity index (χ1v) is 8.38. The van der Waals surface area contributed by atoms with Crippen molar-refractivity contribution in [3.8, 4) is 5.88 Å². The predicted octanol–water partition coefficient (Wildman–Crippen LogP) is 2.57. The molecule has 2 aromatic heterocycles. The molecular formula is C14H13F3N4O4S. The van der Waals surface area contributed by atoms with Crippen LogP contribution in [0.15, 0.2) is 6.20 Å². The Morgan fingerprint density at radius 1 is 1.46 bits per heavy atom. The van der Waals surface area contributed by atoms with E-state index < -0.39 is 28.6 Å². The van der Waals surface area contributed by atoms with E-state index in [1.165, 1.54) is 17.8 Å². The van der Waals surface area contributed by atoms with E-state index in [0.29, 0.717) is 13.2 Å². The third kappa shape index (κ3) is 3.49. The van der Waals surface area contributed by atoms with Crippen LogP contribution in [0.5, 0.6) is 5.88 Å². The lowest BCUT2D eigenvalue weighted by Crippen LogP contribution is -2.18. The molecule has 3 rings (SSSR count). The van der Waals surface area contributed by atoms with Crippen molar-refractivity contribution in [2.75, 3.05) is 18.5 Å². The van der Waals surface area contributed by atoms with Crippen LogP contribution in [-0.2, 0) is 17.5 Å². The predicted molar refractivity (Wildman–Crippen MR) is 83.4 cm³/mol. The second kappa shape index (κ2) is 6.94. The highest BCUT2D eigenvalue weighted by molar-refractivity contribution is 7.16. The Hall–Kier alpha value is -2.63. The van der Waals surface area contributed by atoms with E-state index in [1.807, 2.05) is 0 Å². The third-order valence-corrected chi connectivity index (χ3v) is 4.38. The minimum Gasteiger partial charge on any atom is -0.477 e. The number of fused-ring (bicyclic) bond motifs is 1. The van der Waals surface area contributed by atoms with Crippen LogP contribution in [0.1, 0.15) is 39.1 Å². The van der Waals surface area contributed by atoms with Crippen molar-refractivity contribution in [3.05, 3.63) is 22.3 Å². The zero-order valence-electron chi connectivity index (χ0n) is 13.4. The lowest BCUT2D eigenvalue weighted by molar-refractivity contribution is -0.135. The van der Waals surface area contributed by atoms with Crippen molar-refractivity contribution >= 4 is 28.3 Å². The summed E-state index contributed by atoms with van der Waals surface area (Å²) in [6, 6.07) is 0. The number of hydrogen-bond acceptors (Lipinski definition) is 7. The molecule has 0 unspecified atom stereocenters. The summed E-state index contributed by atoms with van der Waals surface area (Å²) < 4.78 is 50.8. The molecule has 1 aliphatic rings. The Morgan fingerprint density at radius 2 is 2.23 bits per heavy atom. The molecule has 2 aromatic rings. The minimum absolute atomic E-state index is 0.0751. The summed E-state index contributed by atoms with van der Waals surface area (Å²) in [5.74, 6) is -1.69. The van der Waals surface area contributed by atoms with Crippen LogP contribution in [0, 0.1) is 0 Å². The number of nitrogens with one attached hydrogen (secondary N) is 1. The second-order valence-corrected chi connectivity index (χ2v) is 6.16. The summed E-state index contributed by atoms with van der Waals surface area (Å²) in [4.78, 5) is 26.4. The second-order valence-electron chi connectivity index (χ2n) is 5.16. The van der Waals surface area contributed by atoms with Gasteiger partial charge < -0.3 is 9.47 Å². The first-order valence-electron chi connectivity index (χ1n) is 7.56. The van der Waals surface area contributed by atoms with Crippen LogP contribution < -0.4 is 10.1 Å². The van der Waals surface area contributed by atoms with Crippen LogP contribution >= 0.6 is 11.3 Å². The molecule has 8 nitrogen and oxygen atoms in total. The van der Waals surface area contributed by atoms with Gasteiger partial charge in [0.15, 0.2) is 10.8 Å². The number of alkyl halides is 3. The number of rotatable bonds is 4. The van der Waals surface area contributed by atoms with E-state index in [2.05, 4.69) is 20.1 Å². The molecule has 1 amide bonds. The first kappa shape index (κ1) is 18.2. The van der Waals surface area contributed by atoms with Crippen LogP contribution in [0.3, 0.4) is 0 Å². The van der Waals surface area contributed by atoms with Crippen LogP contribution in [0.25, 0.3) is 0 Å². The number of amides is 1. The number of carbonyl (C=O) groups is 2. The standard InChI is InChI=1S/C14H13F3N4O4S/c1-2-24-12(23)8-9(14(15,16)17)26-13(19-8)20-10(22)7-6-18-21-4-3-5-25-11(7)21/h6H,2-5H2,1H3,(H,19,20,22). The average Bonchev–Trinajstić information content (AvgIpc) is 3.18. The summed E-state index contributed by atoms with van der Waals surface area (Å²) in [5, 5.41) is 5.87. The molecule has 0 saturated carbocycles. The van der Waals surface area contributed by atoms with E-state index >= 15 is 0 Å². The van der Waals surface area contributed by atoms with Crippen molar-refractivity contribution in [1.82, 2.24) is 14.8 Å². The van der Waals surface area contributed by atoms with Gasteiger partial charge in [0.25, 0.3) is 5.91 Å².